The van der Waals surface area contributed by atoms with E-state index in [-0.39, 0.29) is 5.78 Å². The number of hydrogen-bond donors (Lipinski definition) is 0. The van der Waals surface area contributed by atoms with E-state index in [0.29, 0.717) is 12.1 Å². The molecule has 3 nitrogen and oxygen atoms in total. The first-order chi connectivity index (χ1) is 9.72. The molecule has 0 atom stereocenters. The molecule has 0 fully saturated rings. The van der Waals surface area contributed by atoms with Crippen LogP contribution in [0.4, 0.5) is 0 Å². The lowest BCUT2D eigenvalue weighted by Crippen LogP contribution is -2.08. The maximum atomic E-state index is 11.9. The fraction of sp³-hybridized carbons (Fsp3) is 0.588. The standard InChI is InChI=1S/C17H26N2O/c1-4-7-8-13-18-14(6-3)15-11-9-12-16(19-15)17(20)10-5-2/h9,11-12H,4-8,10,13H2,1-3H3/b18-14+. The second kappa shape index (κ2) is 9.40. The fourth-order valence-electron chi connectivity index (χ4n) is 2.06. The third kappa shape index (κ3) is 5.24. The molecule has 0 saturated heterocycles. The van der Waals surface area contributed by atoms with Crippen LogP contribution in [0.1, 0.15) is 75.5 Å². The highest BCUT2D eigenvalue weighted by molar-refractivity contribution is 6.00. The van der Waals surface area contributed by atoms with Gasteiger partial charge in [0.1, 0.15) is 5.69 Å². The maximum Gasteiger partial charge on any atom is 0.181 e. The van der Waals surface area contributed by atoms with Gasteiger partial charge in [-0.3, -0.25) is 9.79 Å². The van der Waals surface area contributed by atoms with Gasteiger partial charge < -0.3 is 0 Å². The highest BCUT2D eigenvalue weighted by Gasteiger charge is 2.09. The number of Topliss-reactive ketones (excluding diaryl/α,β-unsaturated/α-hetero) is 1. The zero-order valence-electron chi connectivity index (χ0n) is 13.0. The molecule has 3 heteroatoms. The minimum Gasteiger partial charge on any atom is -0.292 e. The lowest BCUT2D eigenvalue weighted by Gasteiger charge is -2.06. The molecule has 20 heavy (non-hydrogen) atoms. The lowest BCUT2D eigenvalue weighted by atomic mass is 10.1. The minimum absolute atomic E-state index is 0.121. The maximum absolute atomic E-state index is 11.9. The molecule has 1 aromatic heterocycles. The summed E-state index contributed by atoms with van der Waals surface area (Å²) >= 11 is 0. The third-order valence-electron chi connectivity index (χ3n) is 3.21. The van der Waals surface area contributed by atoms with Crippen LogP contribution in [0.2, 0.25) is 0 Å². The average Bonchev–Trinajstić information content (AvgIpc) is 2.48. The molecule has 0 unspecified atom stereocenters. The molecule has 1 rings (SSSR count). The van der Waals surface area contributed by atoms with Gasteiger partial charge in [-0.15, -0.1) is 0 Å². The summed E-state index contributed by atoms with van der Waals surface area (Å²) in [5.74, 6) is 0.121. The van der Waals surface area contributed by atoms with Gasteiger partial charge in [0.05, 0.1) is 11.4 Å². The molecule has 0 saturated carbocycles. The molecular weight excluding hydrogens is 248 g/mol. The molecule has 0 aliphatic rings. The number of rotatable bonds is 9. The van der Waals surface area contributed by atoms with E-state index < -0.39 is 0 Å². The molecule has 0 spiro atoms. The van der Waals surface area contributed by atoms with Crippen LogP contribution in [0.15, 0.2) is 23.2 Å². The second-order valence-corrected chi connectivity index (χ2v) is 4.97. The molecule has 0 aliphatic carbocycles. The van der Waals surface area contributed by atoms with Crippen molar-refractivity contribution in [3.63, 3.8) is 0 Å². The van der Waals surface area contributed by atoms with Gasteiger partial charge in [0.15, 0.2) is 5.78 Å². The lowest BCUT2D eigenvalue weighted by molar-refractivity contribution is 0.0977. The molecular formula is C17H26N2O. The second-order valence-electron chi connectivity index (χ2n) is 4.97. The first-order valence-corrected chi connectivity index (χ1v) is 7.76. The normalized spacial score (nSPS) is 11.7. The number of aromatic nitrogens is 1. The number of nitrogens with zero attached hydrogens (tertiary/aromatic N) is 2. The molecule has 0 aliphatic heterocycles. The van der Waals surface area contributed by atoms with E-state index in [1.54, 1.807) is 6.07 Å². The summed E-state index contributed by atoms with van der Waals surface area (Å²) in [6, 6.07) is 5.65. The number of carbonyl (C=O) groups excluding carboxylic acids is 1. The number of hydrogen-bond acceptors (Lipinski definition) is 3. The van der Waals surface area contributed by atoms with Crippen molar-refractivity contribution >= 4 is 11.5 Å². The van der Waals surface area contributed by atoms with Gasteiger partial charge >= 0.3 is 0 Å². The monoisotopic (exact) mass is 274 g/mol. The van der Waals surface area contributed by atoms with Crippen LogP contribution in [0.3, 0.4) is 0 Å². The molecule has 110 valence electrons. The van der Waals surface area contributed by atoms with Crippen molar-refractivity contribution in [1.82, 2.24) is 4.98 Å². The minimum atomic E-state index is 0.121. The van der Waals surface area contributed by atoms with E-state index in [0.717, 1.165) is 37.2 Å². The van der Waals surface area contributed by atoms with E-state index in [2.05, 4.69) is 23.8 Å². The van der Waals surface area contributed by atoms with Crippen LogP contribution in [0.25, 0.3) is 0 Å². The summed E-state index contributed by atoms with van der Waals surface area (Å²) in [5.41, 5.74) is 2.43. The van der Waals surface area contributed by atoms with Crippen molar-refractivity contribution in [2.45, 2.75) is 59.3 Å². The van der Waals surface area contributed by atoms with Crippen molar-refractivity contribution in [1.29, 1.82) is 0 Å². The Balaban J connectivity index is 2.82. The van der Waals surface area contributed by atoms with Crippen molar-refractivity contribution in [2.24, 2.45) is 4.99 Å². The Hall–Kier alpha value is -1.51. The molecule has 0 aromatic carbocycles. The van der Waals surface area contributed by atoms with Crippen molar-refractivity contribution < 1.29 is 4.79 Å². The van der Waals surface area contributed by atoms with Crippen molar-refractivity contribution in [2.75, 3.05) is 6.54 Å². The van der Waals surface area contributed by atoms with Crippen LogP contribution >= 0.6 is 0 Å². The predicted molar refractivity (Wildman–Crippen MR) is 84.7 cm³/mol. The van der Waals surface area contributed by atoms with E-state index in [9.17, 15) is 4.79 Å². The summed E-state index contributed by atoms with van der Waals surface area (Å²) in [6.07, 6.45) is 5.81. The summed E-state index contributed by atoms with van der Waals surface area (Å²) in [7, 11) is 0. The van der Waals surface area contributed by atoms with Gasteiger partial charge in [-0.25, -0.2) is 4.98 Å². The number of pyridine rings is 1. The van der Waals surface area contributed by atoms with Crippen molar-refractivity contribution in [3.05, 3.63) is 29.6 Å². The third-order valence-corrected chi connectivity index (χ3v) is 3.21. The molecule has 1 aromatic rings. The van der Waals surface area contributed by atoms with Crippen LogP contribution in [-0.2, 0) is 0 Å². The number of ketones is 1. The van der Waals surface area contributed by atoms with Gasteiger partial charge in [0.2, 0.25) is 0 Å². The molecule has 0 N–H and O–H groups in total. The Morgan fingerprint density at radius 1 is 1.10 bits per heavy atom. The Morgan fingerprint density at radius 2 is 1.85 bits per heavy atom. The molecule has 0 radical (unpaired) electrons. The molecule has 1 heterocycles. The van der Waals surface area contributed by atoms with E-state index >= 15 is 0 Å². The Labute approximate surface area is 122 Å². The van der Waals surface area contributed by atoms with Gasteiger partial charge in [-0.2, -0.15) is 0 Å². The first-order valence-electron chi connectivity index (χ1n) is 7.76. The van der Waals surface area contributed by atoms with Gasteiger partial charge in [0, 0.05) is 13.0 Å². The van der Waals surface area contributed by atoms with Crippen LogP contribution in [0, 0.1) is 0 Å². The van der Waals surface area contributed by atoms with Gasteiger partial charge in [0.25, 0.3) is 0 Å². The molecule has 0 amide bonds. The summed E-state index contributed by atoms with van der Waals surface area (Å²) in [5, 5.41) is 0. The summed E-state index contributed by atoms with van der Waals surface area (Å²) in [6.45, 7) is 7.13. The quantitative estimate of drug-likeness (QED) is 0.379. The SMILES string of the molecule is CCCCC/N=C(\CC)c1cccc(C(=O)CCC)n1. The highest BCUT2D eigenvalue weighted by Crippen LogP contribution is 2.08. The summed E-state index contributed by atoms with van der Waals surface area (Å²) in [4.78, 5) is 21.0. The van der Waals surface area contributed by atoms with Crippen LogP contribution in [-0.4, -0.2) is 23.0 Å². The number of unbranched alkanes of at least 4 members (excludes halogenated alkanes) is 2. The van der Waals surface area contributed by atoms with Crippen LogP contribution in [0.5, 0.6) is 0 Å². The highest BCUT2D eigenvalue weighted by atomic mass is 16.1. The fourth-order valence-corrected chi connectivity index (χ4v) is 2.06. The van der Waals surface area contributed by atoms with Gasteiger partial charge in [-0.05, 0) is 31.4 Å². The molecule has 0 bridgehead atoms. The topological polar surface area (TPSA) is 42.3 Å². The number of aliphatic imine (C=N–C) groups is 1. The largest absolute Gasteiger partial charge is 0.292 e. The zero-order chi connectivity index (χ0) is 14.8. The average molecular weight is 274 g/mol. The summed E-state index contributed by atoms with van der Waals surface area (Å²) < 4.78 is 0. The first kappa shape index (κ1) is 16.5. The van der Waals surface area contributed by atoms with Crippen LogP contribution < -0.4 is 0 Å². The number of carbonyl (C=O) groups is 1. The van der Waals surface area contributed by atoms with E-state index in [1.807, 2.05) is 19.1 Å². The van der Waals surface area contributed by atoms with E-state index in [1.165, 1.54) is 12.8 Å². The van der Waals surface area contributed by atoms with E-state index in [4.69, 9.17) is 0 Å². The smallest absolute Gasteiger partial charge is 0.181 e. The Kier molecular flexibility index (Phi) is 7.78. The predicted octanol–water partition coefficient (Wildman–Crippen LogP) is 4.45. The Morgan fingerprint density at radius 3 is 2.50 bits per heavy atom. The zero-order valence-corrected chi connectivity index (χ0v) is 13.0. The van der Waals surface area contributed by atoms with Gasteiger partial charge in [-0.1, -0.05) is 39.7 Å². The Bertz CT molecular complexity index is 452. The van der Waals surface area contributed by atoms with Crippen molar-refractivity contribution in [3.8, 4) is 0 Å².